The Balaban J connectivity index is 1.67. The van der Waals surface area contributed by atoms with Crippen molar-refractivity contribution in [3.05, 3.63) is 33.9 Å². The second-order valence-corrected chi connectivity index (χ2v) is 6.48. The van der Waals surface area contributed by atoms with E-state index in [0.29, 0.717) is 12.2 Å². The zero-order chi connectivity index (χ0) is 15.5. The summed E-state index contributed by atoms with van der Waals surface area (Å²) in [6.07, 6.45) is 0.921. The summed E-state index contributed by atoms with van der Waals surface area (Å²) in [5, 5.41) is 11.1. The summed E-state index contributed by atoms with van der Waals surface area (Å²) < 4.78 is 0. The molecule has 6 nitrogen and oxygen atoms in total. The molecule has 7 heteroatoms. The van der Waals surface area contributed by atoms with Gasteiger partial charge in [-0.3, -0.25) is 4.79 Å². The predicted octanol–water partition coefficient (Wildman–Crippen LogP) is 1.90. The molecule has 3 heterocycles. The van der Waals surface area contributed by atoms with Gasteiger partial charge in [0.1, 0.15) is 5.69 Å². The van der Waals surface area contributed by atoms with Gasteiger partial charge in [0.15, 0.2) is 5.82 Å². The van der Waals surface area contributed by atoms with Gasteiger partial charge < -0.3 is 9.80 Å². The van der Waals surface area contributed by atoms with E-state index in [2.05, 4.69) is 20.1 Å². The number of hydrogen-bond donors (Lipinski definition) is 0. The maximum Gasteiger partial charge on any atom is 0.273 e. The average Bonchev–Trinajstić information content (AvgIpc) is 2.81. The largest absolute Gasteiger partial charge is 0.353 e. The molecule has 1 aliphatic heterocycles. The van der Waals surface area contributed by atoms with Crippen molar-refractivity contribution in [1.82, 2.24) is 20.1 Å². The molecule has 0 bridgehead atoms. The summed E-state index contributed by atoms with van der Waals surface area (Å²) in [6, 6.07) is 3.96. The Morgan fingerprint density at radius 1 is 1.14 bits per heavy atom. The van der Waals surface area contributed by atoms with Crippen molar-refractivity contribution in [3.8, 4) is 0 Å². The highest BCUT2D eigenvalue weighted by Crippen LogP contribution is 2.15. The maximum absolute atomic E-state index is 12.5. The lowest BCUT2D eigenvalue weighted by Gasteiger charge is -2.22. The minimum atomic E-state index is 0.0289. The second-order valence-electron chi connectivity index (χ2n) is 5.42. The summed E-state index contributed by atoms with van der Waals surface area (Å²) in [4.78, 5) is 20.8. The number of amides is 1. The van der Waals surface area contributed by atoms with Crippen molar-refractivity contribution in [2.24, 2.45) is 0 Å². The van der Waals surface area contributed by atoms with Gasteiger partial charge in [-0.1, -0.05) is 0 Å². The smallest absolute Gasteiger partial charge is 0.273 e. The van der Waals surface area contributed by atoms with Crippen LogP contribution in [0.25, 0.3) is 0 Å². The molecule has 0 aliphatic carbocycles. The van der Waals surface area contributed by atoms with Crippen LogP contribution in [0.3, 0.4) is 0 Å². The monoisotopic (exact) mass is 317 g/mol. The molecule has 2 aromatic heterocycles. The first kappa shape index (κ1) is 14.9. The normalized spacial score (nSPS) is 15.7. The summed E-state index contributed by atoms with van der Waals surface area (Å²) in [6.45, 7) is 6.94. The Kier molecular flexibility index (Phi) is 4.33. The van der Waals surface area contributed by atoms with E-state index in [1.54, 1.807) is 0 Å². The molecule has 0 radical (unpaired) electrons. The number of anilines is 1. The third-order valence-corrected chi connectivity index (χ3v) is 4.50. The number of aryl methyl sites for hydroxylation is 2. The van der Waals surface area contributed by atoms with Gasteiger partial charge in [-0.05, 0) is 32.4 Å². The van der Waals surface area contributed by atoms with Crippen molar-refractivity contribution in [2.75, 3.05) is 31.1 Å². The summed E-state index contributed by atoms with van der Waals surface area (Å²) in [7, 11) is 0. The van der Waals surface area contributed by atoms with E-state index in [9.17, 15) is 4.79 Å². The first-order valence-electron chi connectivity index (χ1n) is 7.40. The first-order chi connectivity index (χ1) is 10.6. The third kappa shape index (κ3) is 3.24. The number of carbonyl (C=O) groups is 1. The molecule has 0 atom stereocenters. The number of hydrogen-bond acceptors (Lipinski definition) is 6. The fraction of sp³-hybridized carbons (Fsp3) is 0.467. The van der Waals surface area contributed by atoms with Crippen LogP contribution in [0.15, 0.2) is 17.5 Å². The highest BCUT2D eigenvalue weighted by Gasteiger charge is 2.22. The Morgan fingerprint density at radius 2 is 2.00 bits per heavy atom. The Morgan fingerprint density at radius 3 is 2.68 bits per heavy atom. The summed E-state index contributed by atoms with van der Waals surface area (Å²) in [5.41, 5.74) is 1.47. The molecule has 22 heavy (non-hydrogen) atoms. The molecule has 1 amide bonds. The zero-order valence-corrected chi connectivity index (χ0v) is 13.6. The van der Waals surface area contributed by atoms with Crippen LogP contribution in [-0.4, -0.2) is 52.2 Å². The van der Waals surface area contributed by atoms with Crippen LogP contribution in [-0.2, 0) is 0 Å². The molecule has 0 saturated carbocycles. The van der Waals surface area contributed by atoms with Crippen molar-refractivity contribution < 1.29 is 4.79 Å². The number of rotatable bonds is 2. The lowest BCUT2D eigenvalue weighted by atomic mass is 10.3. The van der Waals surface area contributed by atoms with Gasteiger partial charge >= 0.3 is 0 Å². The number of nitrogens with zero attached hydrogens (tertiary/aromatic N) is 5. The van der Waals surface area contributed by atoms with E-state index < -0.39 is 0 Å². The third-order valence-electron chi connectivity index (χ3n) is 3.73. The van der Waals surface area contributed by atoms with E-state index in [-0.39, 0.29) is 5.91 Å². The van der Waals surface area contributed by atoms with Gasteiger partial charge in [0.2, 0.25) is 0 Å². The lowest BCUT2D eigenvalue weighted by Crippen LogP contribution is -2.35. The van der Waals surface area contributed by atoms with Crippen LogP contribution in [0.1, 0.15) is 27.6 Å². The van der Waals surface area contributed by atoms with E-state index in [4.69, 9.17) is 0 Å². The first-order valence-corrected chi connectivity index (χ1v) is 8.28. The highest BCUT2D eigenvalue weighted by molar-refractivity contribution is 7.09. The van der Waals surface area contributed by atoms with Crippen LogP contribution in [0.5, 0.6) is 0 Å². The van der Waals surface area contributed by atoms with Gasteiger partial charge in [0, 0.05) is 31.6 Å². The quantitative estimate of drug-likeness (QED) is 0.846. The van der Waals surface area contributed by atoms with Crippen LogP contribution in [0.2, 0.25) is 0 Å². The Bertz CT molecular complexity index is 654. The molecule has 1 fully saturated rings. The van der Waals surface area contributed by atoms with Crippen molar-refractivity contribution in [3.63, 3.8) is 0 Å². The standard InChI is InChI=1S/C15H19N5OS/c1-11-4-5-14(18-17-11)19-6-3-7-20(9-8-19)15(21)13-10-22-12(2)16-13/h4-5,10H,3,6-9H2,1-2H3. The van der Waals surface area contributed by atoms with Crippen LogP contribution >= 0.6 is 11.3 Å². The van der Waals surface area contributed by atoms with E-state index in [1.165, 1.54) is 11.3 Å². The molecule has 2 aromatic rings. The molecule has 0 aromatic carbocycles. The average molecular weight is 317 g/mol. The zero-order valence-electron chi connectivity index (χ0n) is 12.8. The number of carbonyl (C=O) groups excluding carboxylic acids is 1. The number of aromatic nitrogens is 3. The van der Waals surface area contributed by atoms with Gasteiger partial charge in [0.05, 0.1) is 10.7 Å². The van der Waals surface area contributed by atoms with E-state index in [1.807, 2.05) is 36.3 Å². The molecular weight excluding hydrogens is 298 g/mol. The molecule has 0 spiro atoms. The van der Waals surface area contributed by atoms with Crippen molar-refractivity contribution in [2.45, 2.75) is 20.3 Å². The Hall–Kier alpha value is -2.02. The maximum atomic E-state index is 12.5. The Labute approximate surface area is 133 Å². The van der Waals surface area contributed by atoms with Gasteiger partial charge in [-0.25, -0.2) is 4.98 Å². The van der Waals surface area contributed by atoms with Gasteiger partial charge in [-0.2, -0.15) is 5.10 Å². The summed E-state index contributed by atoms with van der Waals surface area (Å²) in [5.74, 6) is 0.908. The number of thiazole rings is 1. The molecule has 3 rings (SSSR count). The van der Waals surface area contributed by atoms with Gasteiger partial charge in [-0.15, -0.1) is 16.4 Å². The van der Waals surface area contributed by atoms with Crippen molar-refractivity contribution >= 4 is 23.1 Å². The molecule has 0 N–H and O–H groups in total. The minimum absolute atomic E-state index is 0.0289. The van der Waals surface area contributed by atoms with Crippen LogP contribution in [0, 0.1) is 13.8 Å². The van der Waals surface area contributed by atoms with Crippen molar-refractivity contribution in [1.29, 1.82) is 0 Å². The molecular formula is C15H19N5OS. The van der Waals surface area contributed by atoms with E-state index in [0.717, 1.165) is 42.6 Å². The van der Waals surface area contributed by atoms with Gasteiger partial charge in [0.25, 0.3) is 5.91 Å². The molecule has 1 aliphatic rings. The highest BCUT2D eigenvalue weighted by atomic mass is 32.1. The fourth-order valence-corrected chi connectivity index (χ4v) is 3.12. The van der Waals surface area contributed by atoms with Crippen LogP contribution < -0.4 is 4.90 Å². The molecule has 1 saturated heterocycles. The molecule has 116 valence electrons. The summed E-state index contributed by atoms with van der Waals surface area (Å²) >= 11 is 1.51. The predicted molar refractivity (Wildman–Crippen MR) is 86.4 cm³/mol. The van der Waals surface area contributed by atoms with E-state index >= 15 is 0 Å². The topological polar surface area (TPSA) is 62.2 Å². The minimum Gasteiger partial charge on any atom is -0.353 e. The molecule has 0 unspecified atom stereocenters. The van der Waals surface area contributed by atoms with Crippen LogP contribution in [0.4, 0.5) is 5.82 Å². The second kappa shape index (κ2) is 6.39. The fourth-order valence-electron chi connectivity index (χ4n) is 2.53. The lowest BCUT2D eigenvalue weighted by molar-refractivity contribution is 0.0762. The SMILES string of the molecule is Cc1ccc(N2CCCN(C(=O)c3csc(C)n3)CC2)nn1.